The number of aromatic nitrogens is 2. The van der Waals surface area contributed by atoms with Crippen molar-refractivity contribution < 1.29 is 29.2 Å². The van der Waals surface area contributed by atoms with Crippen LogP contribution in [0.25, 0.3) is 0 Å². The first-order valence-electron chi connectivity index (χ1n) is 16.1. The van der Waals surface area contributed by atoms with Crippen LogP contribution in [0.15, 0.2) is 126 Å². The Hall–Kier alpha value is -4.88. The predicted molar refractivity (Wildman–Crippen MR) is 185 cm³/mol. The van der Waals surface area contributed by atoms with Gasteiger partial charge >= 0.3 is 5.91 Å². The number of anilines is 1. The van der Waals surface area contributed by atoms with Crippen LogP contribution >= 0.6 is 0 Å². The minimum atomic E-state index is -1.35. The summed E-state index contributed by atoms with van der Waals surface area (Å²) in [4.78, 5) is 27.6. The second-order valence-corrected chi connectivity index (χ2v) is 12.4. The van der Waals surface area contributed by atoms with Gasteiger partial charge in [-0.2, -0.15) is 9.98 Å². The van der Waals surface area contributed by atoms with Gasteiger partial charge in [0, 0.05) is 20.6 Å². The number of aliphatic imine (C=N–C) groups is 1. The molecule has 250 valence electrons. The van der Waals surface area contributed by atoms with Crippen molar-refractivity contribution in [3.05, 3.63) is 138 Å². The van der Waals surface area contributed by atoms with Gasteiger partial charge in [0.25, 0.3) is 5.82 Å². The number of nitrogen functional groups attached to an aromatic ring is 1. The molecule has 2 unspecified atom stereocenters. The Balaban J connectivity index is 1.37. The zero-order valence-electron chi connectivity index (χ0n) is 27.2. The summed E-state index contributed by atoms with van der Waals surface area (Å²) in [5, 5.41) is 24.8. The highest BCUT2D eigenvalue weighted by molar-refractivity contribution is 6.15. The van der Waals surface area contributed by atoms with E-state index >= 15 is 0 Å². The number of nitrogens with two attached hydrogens (primary N) is 1. The highest BCUT2D eigenvalue weighted by atomic mass is 16.7. The molecule has 11 heteroatoms. The summed E-state index contributed by atoms with van der Waals surface area (Å²) in [6.45, 7) is 0. The van der Waals surface area contributed by atoms with Crippen molar-refractivity contribution in [3.8, 4) is 0 Å². The third-order valence-electron chi connectivity index (χ3n) is 9.98. The van der Waals surface area contributed by atoms with Crippen LogP contribution in [0.3, 0.4) is 0 Å². The number of benzene rings is 3. The number of ether oxygens (including phenoxy) is 3. The molecule has 2 aliphatic heterocycles. The molecule has 3 aliphatic rings. The molecule has 7 rings (SSSR count). The molecule has 1 fully saturated rings. The molecule has 4 N–H and O–H groups in total. The number of quaternary nitrogens is 1. The SMILES string of the molecule is COC1(OC)C=CC(C(c2ccccc2)(c2ccccc2)C(O)[C@H]2O[C@@H]([N+]3(C(=O)c4ccccc4)C=Nc4c(N)ncnc43)C[C@@H]2O)=CC1. The smallest absolute Gasteiger partial charge is 0.360 e. The van der Waals surface area contributed by atoms with Crippen LogP contribution in [-0.2, 0) is 19.6 Å². The van der Waals surface area contributed by atoms with Gasteiger partial charge in [-0.25, -0.2) is 9.78 Å². The number of fused-ring (bicyclic) bond motifs is 1. The van der Waals surface area contributed by atoms with Crippen molar-refractivity contribution in [1.29, 1.82) is 0 Å². The monoisotopic (exact) mass is 660 g/mol. The van der Waals surface area contributed by atoms with Gasteiger partial charge in [-0.15, -0.1) is 4.48 Å². The lowest BCUT2D eigenvalue weighted by Crippen LogP contribution is -2.60. The number of rotatable bonds is 9. The van der Waals surface area contributed by atoms with E-state index in [1.165, 1.54) is 12.7 Å². The number of hydrogen-bond acceptors (Lipinski definition) is 10. The van der Waals surface area contributed by atoms with E-state index in [0.717, 1.165) is 16.7 Å². The first-order valence-corrected chi connectivity index (χ1v) is 16.1. The van der Waals surface area contributed by atoms with E-state index in [2.05, 4.69) is 15.0 Å². The summed E-state index contributed by atoms with van der Waals surface area (Å²) in [5.41, 5.74) is 7.94. The number of nitrogens with zero attached hydrogens (tertiary/aromatic N) is 4. The molecule has 3 aromatic carbocycles. The topological polar surface area (TPSA) is 149 Å². The van der Waals surface area contributed by atoms with Crippen LogP contribution < -0.4 is 10.2 Å². The van der Waals surface area contributed by atoms with Crippen molar-refractivity contribution >= 4 is 29.6 Å². The van der Waals surface area contributed by atoms with Gasteiger partial charge in [0.05, 0.1) is 23.5 Å². The standard InChI is InChI=1S/C38H38N5O6/c1-47-37(48-2)20-18-28(19-21-37)38(26-14-8-4-9-15-26,27-16-10-5-11-17-27)33(45)32-29(44)22-30(49-32)43(36(46)25-12-6-3-7-13-25)24-42-31-34(39)40-23-41-35(31)43/h3-20,23-24,29-30,32-33,44-45H,21-22H2,1-2H3,(H2,39,40,41)/q+1/t29-,30+,32-,33?,43?/m0/s1. The predicted octanol–water partition coefficient (Wildman–Crippen LogP) is 4.58. The number of aliphatic hydroxyl groups excluding tert-OH is 2. The van der Waals surface area contributed by atoms with Crippen LogP contribution in [0.4, 0.5) is 17.3 Å². The second-order valence-electron chi connectivity index (χ2n) is 12.4. The first-order chi connectivity index (χ1) is 23.8. The molecule has 5 atom stereocenters. The van der Waals surface area contributed by atoms with Crippen LogP contribution in [0.5, 0.6) is 0 Å². The molecule has 0 radical (unpaired) electrons. The number of methoxy groups -OCH3 is 2. The van der Waals surface area contributed by atoms with E-state index in [-0.39, 0.29) is 29.7 Å². The number of carbonyl (C=O) groups is 1. The Morgan fingerprint density at radius 3 is 2.16 bits per heavy atom. The van der Waals surface area contributed by atoms with Gasteiger partial charge < -0.3 is 30.2 Å². The van der Waals surface area contributed by atoms with Crippen molar-refractivity contribution in [2.75, 3.05) is 20.0 Å². The normalized spacial score (nSPS) is 24.7. The van der Waals surface area contributed by atoms with Crippen molar-refractivity contribution in [2.24, 2.45) is 4.99 Å². The largest absolute Gasteiger partial charge is 0.390 e. The van der Waals surface area contributed by atoms with E-state index in [0.29, 0.717) is 12.0 Å². The van der Waals surface area contributed by atoms with Crippen molar-refractivity contribution in [3.63, 3.8) is 0 Å². The first kappa shape index (κ1) is 32.7. The van der Waals surface area contributed by atoms with E-state index in [1.54, 1.807) is 38.5 Å². The fourth-order valence-electron chi connectivity index (χ4n) is 7.43. The Bertz CT molecular complexity index is 1880. The fraction of sp³-hybridized carbons (Fsp3) is 0.263. The van der Waals surface area contributed by atoms with Crippen LogP contribution in [0, 0.1) is 0 Å². The third kappa shape index (κ3) is 5.14. The third-order valence-corrected chi connectivity index (χ3v) is 9.98. The number of amides is 1. The van der Waals surface area contributed by atoms with Crippen molar-refractivity contribution in [2.45, 2.75) is 48.6 Å². The number of hydrogen-bond donors (Lipinski definition) is 3. The van der Waals surface area contributed by atoms with E-state index in [9.17, 15) is 15.0 Å². The Morgan fingerprint density at radius 1 is 0.980 bits per heavy atom. The molecule has 1 amide bonds. The van der Waals surface area contributed by atoms with Gasteiger partial charge in [0.15, 0.2) is 17.3 Å². The summed E-state index contributed by atoms with van der Waals surface area (Å²) < 4.78 is 17.6. The van der Waals surface area contributed by atoms with Gasteiger partial charge in [0.1, 0.15) is 18.5 Å². The Labute approximate surface area is 284 Å². The van der Waals surface area contributed by atoms with Crippen LogP contribution in [-0.4, -0.2) is 77.0 Å². The van der Waals surface area contributed by atoms with E-state index < -0.39 is 40.2 Å². The summed E-state index contributed by atoms with van der Waals surface area (Å²) in [7, 11) is 3.17. The van der Waals surface area contributed by atoms with Gasteiger partial charge in [-0.1, -0.05) is 91.0 Å². The number of allylic oxidation sites excluding steroid dienone is 1. The van der Waals surface area contributed by atoms with Crippen LogP contribution in [0.1, 0.15) is 34.3 Å². The number of carbonyl (C=O) groups excluding carboxylic acids is 1. The fourth-order valence-corrected chi connectivity index (χ4v) is 7.43. The zero-order chi connectivity index (χ0) is 34.2. The molecule has 1 aliphatic carbocycles. The van der Waals surface area contributed by atoms with Crippen LogP contribution in [0.2, 0.25) is 0 Å². The molecule has 49 heavy (non-hydrogen) atoms. The molecule has 3 heterocycles. The summed E-state index contributed by atoms with van der Waals surface area (Å²) >= 11 is 0. The summed E-state index contributed by atoms with van der Waals surface area (Å²) in [6, 6.07) is 28.0. The average molecular weight is 661 g/mol. The molecule has 0 saturated carbocycles. The Morgan fingerprint density at radius 2 is 1.59 bits per heavy atom. The minimum Gasteiger partial charge on any atom is -0.390 e. The van der Waals surface area contributed by atoms with E-state index in [4.69, 9.17) is 19.9 Å². The molecule has 1 saturated heterocycles. The van der Waals surface area contributed by atoms with Gasteiger partial charge in [-0.05, 0) is 34.9 Å². The lowest BCUT2D eigenvalue weighted by Gasteiger charge is -2.45. The molecule has 0 spiro atoms. The average Bonchev–Trinajstić information content (AvgIpc) is 3.75. The lowest BCUT2D eigenvalue weighted by molar-refractivity contribution is -0.168. The van der Waals surface area contributed by atoms with Gasteiger partial charge in [0.2, 0.25) is 12.6 Å². The van der Waals surface area contributed by atoms with Gasteiger partial charge in [-0.3, -0.25) is 0 Å². The summed E-state index contributed by atoms with van der Waals surface area (Å²) in [5.74, 6) is -0.995. The maximum absolute atomic E-state index is 14.5. The lowest BCUT2D eigenvalue weighted by atomic mass is 9.62. The number of aliphatic hydroxyl groups is 2. The maximum Gasteiger partial charge on any atom is 0.360 e. The zero-order valence-corrected chi connectivity index (χ0v) is 27.2. The molecule has 11 nitrogen and oxygen atoms in total. The molecule has 1 aromatic heterocycles. The highest BCUT2D eigenvalue weighted by Gasteiger charge is 2.61. The van der Waals surface area contributed by atoms with E-state index in [1.807, 2.05) is 85.0 Å². The summed E-state index contributed by atoms with van der Waals surface area (Å²) in [6.07, 6.45) is 4.09. The quantitative estimate of drug-likeness (QED) is 0.173. The molecule has 4 aromatic rings. The maximum atomic E-state index is 14.5. The molecular formula is C38H38N5O6+. The van der Waals surface area contributed by atoms with Crippen molar-refractivity contribution in [1.82, 2.24) is 14.5 Å². The Kier molecular flexibility index (Phi) is 8.57. The minimum absolute atomic E-state index is 0.0132. The molecular weight excluding hydrogens is 622 g/mol. The highest BCUT2D eigenvalue weighted by Crippen LogP contribution is 2.50. The second kappa shape index (κ2) is 12.9. The molecule has 0 bridgehead atoms.